The van der Waals surface area contributed by atoms with Crippen LogP contribution < -0.4 is 9.46 Å². The Morgan fingerprint density at radius 2 is 1.77 bits per heavy atom. The Balaban J connectivity index is 2.10. The Morgan fingerprint density at radius 3 is 2.30 bits per heavy atom. The molecule has 2 aromatic rings. The molecular formula is C21H28Cl2N2O4S. The number of rotatable bonds is 11. The lowest BCUT2D eigenvalue weighted by atomic mass is 10.1. The van der Waals surface area contributed by atoms with Crippen LogP contribution in [0.1, 0.15) is 25.8 Å². The Bertz CT molecular complexity index is 921. The van der Waals surface area contributed by atoms with Gasteiger partial charge in [0.15, 0.2) is 6.23 Å². The molecular weight excluding hydrogens is 447 g/mol. The first-order valence-electron chi connectivity index (χ1n) is 9.69. The number of nitrogens with one attached hydrogen (secondary N) is 1. The summed E-state index contributed by atoms with van der Waals surface area (Å²) in [6.45, 7) is 5.16. The summed E-state index contributed by atoms with van der Waals surface area (Å²) in [6, 6.07) is 12.1. The maximum Gasteiger partial charge on any atom is 0.229 e. The van der Waals surface area contributed by atoms with E-state index in [4.69, 9.17) is 27.9 Å². The number of nitrogens with zero attached hydrogens (tertiary/aromatic N) is 1. The van der Waals surface area contributed by atoms with Crippen LogP contribution in [0, 0.1) is 0 Å². The molecule has 6 nitrogen and oxygen atoms in total. The van der Waals surface area contributed by atoms with Gasteiger partial charge in [-0.2, -0.15) is 0 Å². The summed E-state index contributed by atoms with van der Waals surface area (Å²) in [6.07, 6.45) is 1.42. The number of ether oxygens (including phenoxy) is 1. The van der Waals surface area contributed by atoms with Gasteiger partial charge in [0, 0.05) is 18.8 Å². The molecule has 0 heterocycles. The molecule has 2 rings (SSSR count). The normalized spacial score (nSPS) is 13.8. The van der Waals surface area contributed by atoms with Crippen molar-refractivity contribution in [3.05, 3.63) is 58.1 Å². The van der Waals surface area contributed by atoms with E-state index < -0.39 is 22.4 Å². The Morgan fingerprint density at radius 1 is 1.10 bits per heavy atom. The van der Waals surface area contributed by atoms with Crippen molar-refractivity contribution in [3.63, 3.8) is 0 Å². The van der Waals surface area contributed by atoms with E-state index in [9.17, 15) is 13.5 Å². The summed E-state index contributed by atoms with van der Waals surface area (Å²) in [5, 5.41) is 11.4. The predicted molar refractivity (Wildman–Crippen MR) is 123 cm³/mol. The van der Waals surface area contributed by atoms with Gasteiger partial charge >= 0.3 is 0 Å². The third-order valence-corrected chi connectivity index (χ3v) is 5.72. The summed E-state index contributed by atoms with van der Waals surface area (Å²) >= 11 is 12.1. The van der Waals surface area contributed by atoms with Crippen molar-refractivity contribution in [1.82, 2.24) is 4.90 Å². The van der Waals surface area contributed by atoms with Crippen molar-refractivity contribution in [1.29, 1.82) is 0 Å². The van der Waals surface area contributed by atoms with Crippen LogP contribution in [0.3, 0.4) is 0 Å². The Labute approximate surface area is 188 Å². The van der Waals surface area contributed by atoms with Gasteiger partial charge in [-0.3, -0.25) is 9.62 Å². The van der Waals surface area contributed by atoms with E-state index in [1.165, 1.54) is 0 Å². The van der Waals surface area contributed by atoms with Crippen LogP contribution in [0.5, 0.6) is 5.75 Å². The molecule has 9 heteroatoms. The minimum atomic E-state index is -3.34. The maximum atomic E-state index is 11.3. The molecule has 0 spiro atoms. The van der Waals surface area contributed by atoms with E-state index >= 15 is 0 Å². The van der Waals surface area contributed by atoms with Crippen LogP contribution in [0.15, 0.2) is 42.5 Å². The molecule has 0 radical (unpaired) electrons. The molecule has 0 bridgehead atoms. The number of sulfonamides is 1. The van der Waals surface area contributed by atoms with Crippen molar-refractivity contribution in [2.45, 2.75) is 39.0 Å². The minimum Gasteiger partial charge on any atom is -0.472 e. The van der Waals surface area contributed by atoms with Gasteiger partial charge in [-0.1, -0.05) is 36.2 Å². The van der Waals surface area contributed by atoms with Gasteiger partial charge in [-0.25, -0.2) is 8.42 Å². The number of hydrogen-bond acceptors (Lipinski definition) is 5. The topological polar surface area (TPSA) is 78.9 Å². The first-order valence-corrected chi connectivity index (χ1v) is 12.3. The molecule has 0 amide bonds. The zero-order valence-electron chi connectivity index (χ0n) is 17.3. The fourth-order valence-corrected chi connectivity index (χ4v) is 3.94. The molecule has 0 aromatic heterocycles. The molecule has 0 aliphatic heterocycles. The van der Waals surface area contributed by atoms with E-state index in [1.54, 1.807) is 37.3 Å². The van der Waals surface area contributed by atoms with Gasteiger partial charge in [-0.05, 0) is 61.7 Å². The van der Waals surface area contributed by atoms with Crippen molar-refractivity contribution in [3.8, 4) is 5.75 Å². The summed E-state index contributed by atoms with van der Waals surface area (Å²) in [4.78, 5) is 2.08. The van der Waals surface area contributed by atoms with Crippen molar-refractivity contribution >= 4 is 38.9 Å². The fraction of sp³-hybridized carbons (Fsp3) is 0.429. The van der Waals surface area contributed by atoms with Crippen LogP contribution >= 0.6 is 23.2 Å². The fourth-order valence-electron chi connectivity index (χ4n) is 3.05. The molecule has 166 valence electrons. The Hall–Kier alpha value is -1.51. The molecule has 0 saturated carbocycles. The number of anilines is 1. The largest absolute Gasteiger partial charge is 0.472 e. The van der Waals surface area contributed by atoms with Crippen molar-refractivity contribution in [2.24, 2.45) is 0 Å². The summed E-state index contributed by atoms with van der Waals surface area (Å²) in [7, 11) is -3.34. The minimum absolute atomic E-state index is 0.448. The molecule has 0 saturated heterocycles. The quantitative estimate of drug-likeness (QED) is 0.471. The number of benzene rings is 2. The van der Waals surface area contributed by atoms with Crippen LogP contribution in [0.25, 0.3) is 0 Å². The lowest BCUT2D eigenvalue weighted by Crippen LogP contribution is -2.47. The average Bonchev–Trinajstić information content (AvgIpc) is 2.66. The zero-order chi connectivity index (χ0) is 22.3. The predicted octanol–water partition coefficient (Wildman–Crippen LogP) is 4.41. The lowest BCUT2D eigenvalue weighted by molar-refractivity contribution is -0.0579. The second-order valence-corrected chi connectivity index (χ2v) is 9.74. The third kappa shape index (κ3) is 7.96. The summed E-state index contributed by atoms with van der Waals surface area (Å²) < 4.78 is 31.2. The van der Waals surface area contributed by atoms with Gasteiger partial charge in [0.1, 0.15) is 11.9 Å². The van der Waals surface area contributed by atoms with Crippen molar-refractivity contribution < 1.29 is 18.3 Å². The third-order valence-electron chi connectivity index (χ3n) is 4.37. The standard InChI is InChI=1S/C21H28Cl2N2O4S/c1-4-12-25(13-11-16-5-10-19(22)20(23)14-16)21(15(2)26)29-18-8-6-17(7-9-18)24-30(3,27)28/h5-10,14-15,21,24,26H,4,11-13H2,1-3H3. The molecule has 2 N–H and O–H groups in total. The first-order chi connectivity index (χ1) is 14.1. The summed E-state index contributed by atoms with van der Waals surface area (Å²) in [5.41, 5.74) is 1.49. The number of halogens is 2. The molecule has 0 aliphatic rings. The van der Waals surface area contributed by atoms with Gasteiger partial charge < -0.3 is 9.84 Å². The van der Waals surface area contributed by atoms with Gasteiger partial charge in [0.05, 0.1) is 16.3 Å². The number of aliphatic hydroxyl groups is 1. The number of aliphatic hydroxyl groups excluding tert-OH is 1. The molecule has 0 fully saturated rings. The van der Waals surface area contributed by atoms with E-state index in [-0.39, 0.29) is 0 Å². The Kier molecular flexibility index (Phi) is 9.25. The first kappa shape index (κ1) is 24.8. The SMILES string of the molecule is CCCN(CCc1ccc(Cl)c(Cl)c1)C(Oc1ccc(NS(C)(=O)=O)cc1)C(C)O. The van der Waals surface area contributed by atoms with E-state index in [0.717, 1.165) is 31.2 Å². The molecule has 2 aromatic carbocycles. The van der Waals surface area contributed by atoms with Crippen LogP contribution in [0.4, 0.5) is 5.69 Å². The van der Waals surface area contributed by atoms with Gasteiger partial charge in [0.25, 0.3) is 0 Å². The highest BCUT2D eigenvalue weighted by molar-refractivity contribution is 7.92. The molecule has 30 heavy (non-hydrogen) atoms. The molecule has 0 aliphatic carbocycles. The monoisotopic (exact) mass is 474 g/mol. The van der Waals surface area contributed by atoms with Gasteiger partial charge in [-0.15, -0.1) is 0 Å². The second-order valence-electron chi connectivity index (χ2n) is 7.18. The molecule has 2 atom stereocenters. The summed E-state index contributed by atoms with van der Waals surface area (Å²) in [5.74, 6) is 0.538. The average molecular weight is 475 g/mol. The van der Waals surface area contributed by atoms with E-state index in [0.29, 0.717) is 28.0 Å². The van der Waals surface area contributed by atoms with Crippen LogP contribution in [-0.2, 0) is 16.4 Å². The smallest absolute Gasteiger partial charge is 0.229 e. The highest BCUT2D eigenvalue weighted by Gasteiger charge is 2.24. The lowest BCUT2D eigenvalue weighted by Gasteiger charge is -2.33. The van der Waals surface area contributed by atoms with E-state index in [1.807, 2.05) is 12.1 Å². The zero-order valence-corrected chi connectivity index (χ0v) is 19.6. The highest BCUT2D eigenvalue weighted by atomic mass is 35.5. The highest BCUT2D eigenvalue weighted by Crippen LogP contribution is 2.24. The van der Waals surface area contributed by atoms with Crippen LogP contribution in [0.2, 0.25) is 10.0 Å². The second kappa shape index (κ2) is 11.2. The van der Waals surface area contributed by atoms with Crippen molar-refractivity contribution in [2.75, 3.05) is 24.1 Å². The van der Waals surface area contributed by atoms with Crippen LogP contribution in [-0.4, -0.2) is 50.1 Å². The number of hydrogen-bond donors (Lipinski definition) is 2. The maximum absolute atomic E-state index is 11.3. The van der Waals surface area contributed by atoms with Gasteiger partial charge in [0.2, 0.25) is 10.0 Å². The van der Waals surface area contributed by atoms with E-state index in [2.05, 4.69) is 16.5 Å². The molecule has 2 unspecified atom stereocenters.